The van der Waals surface area contributed by atoms with E-state index in [0.29, 0.717) is 17.6 Å². The van der Waals surface area contributed by atoms with Gasteiger partial charge < -0.3 is 5.11 Å². The van der Waals surface area contributed by atoms with Crippen LogP contribution in [-0.4, -0.2) is 21.6 Å². The number of hydrogen-bond donors (Lipinski definition) is 1. The first-order valence-electron chi connectivity index (χ1n) is 5.69. The molecule has 1 aliphatic rings. The van der Waals surface area contributed by atoms with Gasteiger partial charge in [0.05, 0.1) is 11.2 Å². The standard InChI is InChI=1S/C13H10BrNO3/c14-8-4-2-5-9-11(8)7-3-1-6-10(16)12(7)15(9)13(17)18/h2,4-5H,1,3,6H2,(H,17,18). The summed E-state index contributed by atoms with van der Waals surface area (Å²) in [5, 5.41) is 10.2. The van der Waals surface area contributed by atoms with Crippen molar-refractivity contribution in [1.29, 1.82) is 0 Å². The average Bonchev–Trinajstić information content (AvgIpc) is 2.66. The Morgan fingerprint density at radius 3 is 2.83 bits per heavy atom. The molecular weight excluding hydrogens is 298 g/mol. The Morgan fingerprint density at radius 2 is 2.11 bits per heavy atom. The number of carbonyl (C=O) groups is 2. The van der Waals surface area contributed by atoms with E-state index in [9.17, 15) is 14.7 Å². The zero-order valence-corrected chi connectivity index (χ0v) is 11.0. The van der Waals surface area contributed by atoms with E-state index >= 15 is 0 Å². The van der Waals surface area contributed by atoms with Gasteiger partial charge in [0.2, 0.25) is 0 Å². The number of fused-ring (bicyclic) bond motifs is 3. The first kappa shape index (κ1) is 11.5. The fourth-order valence-corrected chi connectivity index (χ4v) is 3.25. The molecule has 5 heteroatoms. The Bertz CT molecular complexity index is 687. The second-order valence-electron chi connectivity index (χ2n) is 4.36. The van der Waals surface area contributed by atoms with Crippen LogP contribution in [0.2, 0.25) is 0 Å². The van der Waals surface area contributed by atoms with E-state index in [1.54, 1.807) is 12.1 Å². The molecule has 0 bridgehead atoms. The molecule has 1 aliphatic carbocycles. The monoisotopic (exact) mass is 307 g/mol. The highest BCUT2D eigenvalue weighted by Crippen LogP contribution is 2.36. The van der Waals surface area contributed by atoms with Crippen LogP contribution in [0.1, 0.15) is 28.9 Å². The molecule has 0 fully saturated rings. The Hall–Kier alpha value is -1.62. The minimum absolute atomic E-state index is 0.0817. The minimum atomic E-state index is -1.10. The highest BCUT2D eigenvalue weighted by Gasteiger charge is 2.29. The van der Waals surface area contributed by atoms with Crippen molar-refractivity contribution in [2.45, 2.75) is 19.3 Å². The van der Waals surface area contributed by atoms with Crippen LogP contribution >= 0.6 is 15.9 Å². The van der Waals surface area contributed by atoms with E-state index in [0.717, 1.165) is 32.8 Å². The van der Waals surface area contributed by atoms with Crippen LogP contribution in [0.5, 0.6) is 0 Å². The molecule has 0 radical (unpaired) electrons. The molecule has 0 spiro atoms. The van der Waals surface area contributed by atoms with Gasteiger partial charge >= 0.3 is 6.09 Å². The van der Waals surface area contributed by atoms with Gasteiger partial charge in [0, 0.05) is 16.3 Å². The lowest BCUT2D eigenvalue weighted by Gasteiger charge is -2.12. The number of aryl methyl sites for hydroxylation is 1. The molecule has 92 valence electrons. The lowest BCUT2D eigenvalue weighted by atomic mass is 9.94. The molecule has 3 rings (SSSR count). The number of benzene rings is 1. The van der Waals surface area contributed by atoms with Gasteiger partial charge in [-0.05, 0) is 30.5 Å². The summed E-state index contributed by atoms with van der Waals surface area (Å²) in [6.07, 6.45) is 0.857. The molecule has 0 aliphatic heterocycles. The number of aromatic nitrogens is 1. The number of ketones is 1. The maximum absolute atomic E-state index is 12.0. The summed E-state index contributed by atoms with van der Waals surface area (Å²) >= 11 is 3.44. The van der Waals surface area contributed by atoms with Crippen LogP contribution in [0.25, 0.3) is 10.9 Å². The number of carboxylic acid groups (broad SMARTS) is 1. The molecule has 0 atom stereocenters. The van der Waals surface area contributed by atoms with Gasteiger partial charge in [-0.3, -0.25) is 4.79 Å². The Kier molecular flexibility index (Phi) is 2.52. The molecule has 1 aromatic heterocycles. The van der Waals surface area contributed by atoms with Crippen LogP contribution in [-0.2, 0) is 6.42 Å². The zero-order valence-electron chi connectivity index (χ0n) is 9.44. The molecule has 18 heavy (non-hydrogen) atoms. The third-order valence-electron chi connectivity index (χ3n) is 3.33. The van der Waals surface area contributed by atoms with Gasteiger partial charge in [-0.1, -0.05) is 22.0 Å². The predicted molar refractivity (Wildman–Crippen MR) is 70.3 cm³/mol. The first-order valence-corrected chi connectivity index (χ1v) is 6.49. The second kappa shape index (κ2) is 3.95. The average molecular weight is 308 g/mol. The van der Waals surface area contributed by atoms with Gasteiger partial charge in [-0.25, -0.2) is 9.36 Å². The van der Waals surface area contributed by atoms with Crippen LogP contribution in [0.15, 0.2) is 22.7 Å². The van der Waals surface area contributed by atoms with Crippen molar-refractivity contribution >= 4 is 38.7 Å². The van der Waals surface area contributed by atoms with E-state index in [-0.39, 0.29) is 5.78 Å². The molecule has 0 saturated heterocycles. The number of nitrogens with zero attached hydrogens (tertiary/aromatic N) is 1. The summed E-state index contributed by atoms with van der Waals surface area (Å²) in [5.41, 5.74) is 1.78. The summed E-state index contributed by atoms with van der Waals surface area (Å²) < 4.78 is 1.96. The van der Waals surface area contributed by atoms with Gasteiger partial charge in [-0.15, -0.1) is 0 Å². The SMILES string of the molecule is O=C1CCCc2c1n(C(=O)O)c1cccc(Br)c21. The molecule has 1 N–H and O–H groups in total. The predicted octanol–water partition coefficient (Wildman–Crippen LogP) is 3.45. The van der Waals surface area contributed by atoms with Gasteiger partial charge in [0.25, 0.3) is 0 Å². The maximum atomic E-state index is 12.0. The van der Waals surface area contributed by atoms with Crippen molar-refractivity contribution in [1.82, 2.24) is 4.57 Å². The van der Waals surface area contributed by atoms with Crippen LogP contribution in [0.4, 0.5) is 4.79 Å². The van der Waals surface area contributed by atoms with E-state index < -0.39 is 6.09 Å². The maximum Gasteiger partial charge on any atom is 0.416 e. The normalized spacial score (nSPS) is 14.8. The largest absolute Gasteiger partial charge is 0.464 e. The van der Waals surface area contributed by atoms with Crippen molar-refractivity contribution in [2.24, 2.45) is 0 Å². The summed E-state index contributed by atoms with van der Waals surface area (Å²) in [6.45, 7) is 0. The van der Waals surface area contributed by atoms with Gasteiger partial charge in [-0.2, -0.15) is 0 Å². The van der Waals surface area contributed by atoms with Crippen molar-refractivity contribution in [3.63, 3.8) is 0 Å². The minimum Gasteiger partial charge on any atom is -0.464 e. The van der Waals surface area contributed by atoms with Crippen LogP contribution in [0, 0.1) is 0 Å². The van der Waals surface area contributed by atoms with E-state index in [2.05, 4.69) is 15.9 Å². The Labute approximate surface area is 111 Å². The van der Waals surface area contributed by atoms with E-state index in [1.807, 2.05) is 6.07 Å². The molecule has 0 amide bonds. The lowest BCUT2D eigenvalue weighted by Crippen LogP contribution is -2.19. The van der Waals surface area contributed by atoms with E-state index in [1.165, 1.54) is 0 Å². The summed E-state index contributed by atoms with van der Waals surface area (Å²) in [6, 6.07) is 5.38. The first-order chi connectivity index (χ1) is 8.61. The number of carbonyl (C=O) groups excluding carboxylic acids is 1. The highest BCUT2D eigenvalue weighted by molar-refractivity contribution is 9.10. The smallest absolute Gasteiger partial charge is 0.416 e. The number of rotatable bonds is 0. The Balaban J connectivity index is 2.52. The molecule has 1 aromatic carbocycles. The fraction of sp³-hybridized carbons (Fsp3) is 0.231. The highest BCUT2D eigenvalue weighted by atomic mass is 79.9. The number of Topliss-reactive ketones (excluding diaryl/α,β-unsaturated/α-hetero) is 1. The van der Waals surface area contributed by atoms with Gasteiger partial charge in [0.1, 0.15) is 0 Å². The van der Waals surface area contributed by atoms with Crippen LogP contribution < -0.4 is 0 Å². The zero-order chi connectivity index (χ0) is 12.9. The molecular formula is C13H10BrNO3. The van der Waals surface area contributed by atoms with E-state index in [4.69, 9.17) is 0 Å². The second-order valence-corrected chi connectivity index (χ2v) is 5.21. The third-order valence-corrected chi connectivity index (χ3v) is 3.99. The fourth-order valence-electron chi connectivity index (χ4n) is 2.65. The quantitative estimate of drug-likeness (QED) is 0.811. The van der Waals surface area contributed by atoms with Crippen molar-refractivity contribution in [3.8, 4) is 0 Å². The van der Waals surface area contributed by atoms with Crippen LogP contribution in [0.3, 0.4) is 0 Å². The summed E-state index contributed by atoms with van der Waals surface area (Å²) in [4.78, 5) is 23.4. The number of hydrogen-bond acceptors (Lipinski definition) is 2. The molecule has 4 nitrogen and oxygen atoms in total. The topological polar surface area (TPSA) is 59.3 Å². The van der Waals surface area contributed by atoms with Crippen molar-refractivity contribution in [2.75, 3.05) is 0 Å². The lowest BCUT2D eigenvalue weighted by molar-refractivity contribution is 0.0962. The molecule has 0 saturated carbocycles. The number of halogens is 1. The Morgan fingerprint density at radius 1 is 1.33 bits per heavy atom. The molecule has 0 unspecified atom stereocenters. The van der Waals surface area contributed by atoms with Crippen molar-refractivity contribution < 1.29 is 14.7 Å². The molecule has 2 aromatic rings. The molecule has 1 heterocycles. The third kappa shape index (κ3) is 1.43. The summed E-state index contributed by atoms with van der Waals surface area (Å²) in [5.74, 6) is -0.0817. The van der Waals surface area contributed by atoms with Crippen molar-refractivity contribution in [3.05, 3.63) is 33.9 Å². The summed E-state index contributed by atoms with van der Waals surface area (Å²) in [7, 11) is 0. The van der Waals surface area contributed by atoms with Gasteiger partial charge in [0.15, 0.2) is 5.78 Å².